The molecule has 40 heavy (non-hydrogen) atoms. The fourth-order valence-corrected chi connectivity index (χ4v) is 6.07. The van der Waals surface area contributed by atoms with Crippen molar-refractivity contribution in [2.24, 2.45) is 0 Å². The lowest BCUT2D eigenvalue weighted by Gasteiger charge is -2.42. The zero-order chi connectivity index (χ0) is 28.8. The predicted octanol–water partition coefficient (Wildman–Crippen LogP) is 4.02. The lowest BCUT2D eigenvalue weighted by Crippen LogP contribution is -2.54. The minimum Gasteiger partial charge on any atom is -0.478 e. The number of rotatable bonds is 7. The smallest absolute Gasteiger partial charge is 0.410 e. The molecule has 1 aromatic carbocycles. The van der Waals surface area contributed by atoms with E-state index in [-0.39, 0.29) is 29.7 Å². The molecule has 0 radical (unpaired) electrons. The number of amides is 4. The number of likely N-dealkylation sites (tertiary alicyclic amines) is 1. The molecule has 2 saturated heterocycles. The van der Waals surface area contributed by atoms with Gasteiger partial charge in [-0.15, -0.1) is 11.3 Å². The van der Waals surface area contributed by atoms with Gasteiger partial charge in [-0.25, -0.2) is 14.4 Å². The van der Waals surface area contributed by atoms with Gasteiger partial charge in [-0.2, -0.15) is 0 Å². The maximum atomic E-state index is 13.6. The first kappa shape index (κ1) is 29.3. The largest absolute Gasteiger partial charge is 0.478 e. The van der Waals surface area contributed by atoms with E-state index < -0.39 is 5.97 Å². The molecule has 0 saturated carbocycles. The van der Waals surface area contributed by atoms with E-state index in [2.05, 4.69) is 15.5 Å². The van der Waals surface area contributed by atoms with Crippen LogP contribution in [-0.4, -0.2) is 102 Å². The van der Waals surface area contributed by atoms with Crippen molar-refractivity contribution in [3.63, 3.8) is 0 Å². The van der Waals surface area contributed by atoms with Gasteiger partial charge in [0.05, 0.1) is 17.2 Å². The van der Waals surface area contributed by atoms with Crippen molar-refractivity contribution < 1.29 is 29.0 Å². The van der Waals surface area contributed by atoms with E-state index in [9.17, 15) is 24.3 Å². The fourth-order valence-electron chi connectivity index (χ4n) is 5.02. The highest BCUT2D eigenvalue weighted by Gasteiger charge is 2.32. The van der Waals surface area contributed by atoms with Crippen LogP contribution < -0.4 is 10.6 Å². The number of aromatic carboxylic acids is 1. The van der Waals surface area contributed by atoms with Crippen LogP contribution in [0.5, 0.6) is 0 Å². The molecule has 12 heteroatoms. The molecule has 4 rings (SSSR count). The molecule has 3 heterocycles. The summed E-state index contributed by atoms with van der Waals surface area (Å²) in [5.74, 6) is -1.16. The number of hydrogen-bond donors (Lipinski definition) is 3. The molecule has 2 aliphatic heterocycles. The number of nitrogens with zero attached hydrogens (tertiary/aromatic N) is 3. The topological polar surface area (TPSA) is 132 Å². The first-order valence-corrected chi connectivity index (χ1v) is 14.5. The number of piperazine rings is 1. The maximum absolute atomic E-state index is 13.6. The molecule has 0 unspecified atom stereocenters. The van der Waals surface area contributed by atoms with E-state index in [1.54, 1.807) is 23.1 Å². The number of carbonyl (C=O) groups excluding carboxylic acids is 3. The predicted molar refractivity (Wildman–Crippen MR) is 153 cm³/mol. The van der Waals surface area contributed by atoms with Gasteiger partial charge in [0.25, 0.3) is 5.91 Å². The van der Waals surface area contributed by atoms with Gasteiger partial charge in [-0.1, -0.05) is 12.1 Å². The Morgan fingerprint density at radius 1 is 1.00 bits per heavy atom. The van der Waals surface area contributed by atoms with Gasteiger partial charge >= 0.3 is 18.1 Å². The standard InChI is InChI=1S/C28H37N5O6S/c1-4-29-27(37)30-24-22(17-23(40-24)19-5-7-20(8-6-19)26(35)36)25(34)32-15-13-31(14-16-32)21-9-11-33(12-10-21)28(38)39-18(2)3/h5-8,17-18,21H,4,9-16H2,1-3H3,(H,35,36)(H2,29,30,37). The number of nitrogens with one attached hydrogen (secondary N) is 2. The third-order valence-corrected chi connectivity index (χ3v) is 8.22. The zero-order valence-corrected chi connectivity index (χ0v) is 24.0. The summed E-state index contributed by atoms with van der Waals surface area (Å²) in [5, 5.41) is 15.2. The van der Waals surface area contributed by atoms with Crippen molar-refractivity contribution in [2.45, 2.75) is 45.8 Å². The number of anilines is 1. The highest BCUT2D eigenvalue weighted by molar-refractivity contribution is 7.20. The molecule has 0 spiro atoms. The molecular weight excluding hydrogens is 534 g/mol. The van der Waals surface area contributed by atoms with Gasteiger partial charge in [0.15, 0.2) is 0 Å². The molecule has 11 nitrogen and oxygen atoms in total. The minimum atomic E-state index is -1.01. The number of ether oxygens (including phenoxy) is 1. The number of carbonyl (C=O) groups is 4. The lowest BCUT2D eigenvalue weighted by molar-refractivity contribution is 0.0359. The summed E-state index contributed by atoms with van der Waals surface area (Å²) in [7, 11) is 0. The van der Waals surface area contributed by atoms with E-state index >= 15 is 0 Å². The highest BCUT2D eigenvalue weighted by Crippen LogP contribution is 2.36. The van der Waals surface area contributed by atoms with Crippen LogP contribution in [0, 0.1) is 0 Å². The summed E-state index contributed by atoms with van der Waals surface area (Å²) in [5.41, 5.74) is 1.36. The Morgan fingerprint density at radius 3 is 2.23 bits per heavy atom. The van der Waals surface area contributed by atoms with Gasteiger partial charge in [-0.3, -0.25) is 15.0 Å². The van der Waals surface area contributed by atoms with Gasteiger partial charge in [0.2, 0.25) is 0 Å². The molecule has 0 bridgehead atoms. The van der Waals surface area contributed by atoms with Crippen LogP contribution >= 0.6 is 11.3 Å². The van der Waals surface area contributed by atoms with Crippen LogP contribution in [0.25, 0.3) is 10.4 Å². The monoisotopic (exact) mass is 571 g/mol. The number of benzene rings is 1. The molecule has 3 N–H and O–H groups in total. The normalized spacial score (nSPS) is 16.6. The van der Waals surface area contributed by atoms with Crippen molar-refractivity contribution in [3.8, 4) is 10.4 Å². The Morgan fingerprint density at radius 2 is 1.65 bits per heavy atom. The SMILES string of the molecule is CCNC(=O)Nc1sc(-c2ccc(C(=O)O)cc2)cc1C(=O)N1CCN(C2CCN(C(=O)OC(C)C)CC2)CC1. The second-order valence-corrected chi connectivity index (χ2v) is 11.3. The van der Waals surface area contributed by atoms with E-state index in [1.165, 1.54) is 23.5 Å². The second kappa shape index (κ2) is 13.1. The number of piperidine rings is 1. The molecule has 0 atom stereocenters. The average Bonchev–Trinajstić information content (AvgIpc) is 3.36. The lowest BCUT2D eigenvalue weighted by atomic mass is 10.0. The summed E-state index contributed by atoms with van der Waals surface area (Å²) in [6.07, 6.45) is 1.35. The molecule has 0 aliphatic carbocycles. The van der Waals surface area contributed by atoms with Crippen molar-refractivity contribution in [2.75, 3.05) is 51.1 Å². The van der Waals surface area contributed by atoms with Crippen LogP contribution in [0.1, 0.15) is 54.3 Å². The van der Waals surface area contributed by atoms with Gasteiger partial charge < -0.3 is 25.0 Å². The van der Waals surface area contributed by atoms with Crippen LogP contribution in [0.2, 0.25) is 0 Å². The maximum Gasteiger partial charge on any atom is 0.410 e. The molecule has 2 fully saturated rings. The van der Waals surface area contributed by atoms with Gasteiger partial charge in [-0.05, 0) is 57.4 Å². The van der Waals surface area contributed by atoms with Crippen molar-refractivity contribution >= 4 is 40.3 Å². The Bertz CT molecular complexity index is 1210. The molecule has 2 aliphatic rings. The second-order valence-electron chi connectivity index (χ2n) is 10.2. The summed E-state index contributed by atoms with van der Waals surface area (Å²) in [6.45, 7) is 9.88. The Balaban J connectivity index is 1.41. The number of hydrogen-bond acceptors (Lipinski definition) is 7. The fraction of sp³-hybridized carbons (Fsp3) is 0.500. The Kier molecular flexibility index (Phi) is 9.64. The zero-order valence-electron chi connectivity index (χ0n) is 23.1. The summed E-state index contributed by atoms with van der Waals surface area (Å²) in [6, 6.07) is 8.18. The minimum absolute atomic E-state index is 0.135. The van der Waals surface area contributed by atoms with Gasteiger partial charge in [0, 0.05) is 56.7 Å². The quantitative estimate of drug-likeness (QED) is 0.457. The summed E-state index contributed by atoms with van der Waals surface area (Å²) >= 11 is 1.28. The molecular formula is C28H37N5O6S. The van der Waals surface area contributed by atoms with E-state index in [1.807, 2.05) is 25.7 Å². The van der Waals surface area contributed by atoms with E-state index in [0.29, 0.717) is 49.3 Å². The van der Waals surface area contributed by atoms with Crippen LogP contribution in [-0.2, 0) is 4.74 Å². The van der Waals surface area contributed by atoms with Crippen LogP contribution in [0.15, 0.2) is 30.3 Å². The third kappa shape index (κ3) is 7.11. The van der Waals surface area contributed by atoms with Crippen LogP contribution in [0.3, 0.4) is 0 Å². The number of urea groups is 1. The van der Waals surface area contributed by atoms with Crippen molar-refractivity contribution in [1.29, 1.82) is 0 Å². The van der Waals surface area contributed by atoms with E-state index in [4.69, 9.17) is 4.74 Å². The van der Waals surface area contributed by atoms with Crippen molar-refractivity contribution in [3.05, 3.63) is 41.5 Å². The number of carboxylic acids is 1. The average molecular weight is 572 g/mol. The van der Waals surface area contributed by atoms with Crippen LogP contribution in [0.4, 0.5) is 14.6 Å². The van der Waals surface area contributed by atoms with Gasteiger partial charge in [0.1, 0.15) is 5.00 Å². The Labute approximate surface area is 238 Å². The molecule has 1 aromatic heterocycles. The summed E-state index contributed by atoms with van der Waals surface area (Å²) < 4.78 is 5.32. The molecule has 216 valence electrons. The number of carboxylic acid groups (broad SMARTS) is 1. The first-order valence-electron chi connectivity index (χ1n) is 13.7. The first-order chi connectivity index (χ1) is 19.2. The van der Waals surface area contributed by atoms with E-state index in [0.717, 1.165) is 36.4 Å². The number of thiophene rings is 1. The molecule has 4 amide bonds. The molecule has 2 aromatic rings. The highest BCUT2D eigenvalue weighted by atomic mass is 32.1. The third-order valence-electron chi connectivity index (χ3n) is 7.12. The van der Waals surface area contributed by atoms with Crippen molar-refractivity contribution in [1.82, 2.24) is 20.0 Å². The summed E-state index contributed by atoms with van der Waals surface area (Å²) in [4.78, 5) is 56.1. The Hall–Kier alpha value is -3.64.